The lowest BCUT2D eigenvalue weighted by Gasteiger charge is -2.04. The summed E-state index contributed by atoms with van der Waals surface area (Å²) in [6.07, 6.45) is 3.33. The van der Waals surface area contributed by atoms with Crippen molar-refractivity contribution < 1.29 is 8.42 Å². The summed E-state index contributed by atoms with van der Waals surface area (Å²) in [5, 5.41) is 6.16. The van der Waals surface area contributed by atoms with Crippen LogP contribution in [0, 0.1) is 0 Å². The van der Waals surface area contributed by atoms with Gasteiger partial charge in [0.1, 0.15) is 0 Å². The Morgan fingerprint density at radius 3 is 3.00 bits per heavy atom. The predicted octanol–water partition coefficient (Wildman–Crippen LogP) is -0.490. The highest BCUT2D eigenvalue weighted by molar-refractivity contribution is 7.98. The molecule has 1 heterocycles. The molecule has 0 saturated carbocycles. The number of thioether (sulfide) groups is 1. The molecule has 1 aromatic heterocycles. The van der Waals surface area contributed by atoms with Crippen molar-refractivity contribution in [2.45, 2.75) is 11.6 Å². The van der Waals surface area contributed by atoms with Gasteiger partial charge >= 0.3 is 0 Å². The largest absolute Gasteiger partial charge is 0.326 e. The number of nitrogens with zero attached hydrogens (tertiary/aromatic N) is 1. The number of hydrogen-bond donors (Lipinski definition) is 3. The lowest BCUT2D eigenvalue weighted by molar-refractivity contribution is 0.578. The Labute approximate surface area is 93.1 Å². The molecule has 0 unspecified atom stereocenters. The quantitative estimate of drug-likeness (QED) is 0.591. The fraction of sp³-hybridized carbons (Fsp3) is 0.571. The van der Waals surface area contributed by atoms with Crippen molar-refractivity contribution in [3.63, 3.8) is 0 Å². The average Bonchev–Trinajstić information content (AvgIpc) is 2.66. The van der Waals surface area contributed by atoms with Crippen LogP contribution in [0.15, 0.2) is 11.2 Å². The lowest BCUT2D eigenvalue weighted by atomic mass is 10.4. The summed E-state index contributed by atoms with van der Waals surface area (Å²) in [7, 11) is -3.49. The van der Waals surface area contributed by atoms with E-state index in [1.807, 2.05) is 6.26 Å². The Morgan fingerprint density at radius 2 is 2.40 bits per heavy atom. The zero-order chi connectivity index (χ0) is 11.3. The third kappa shape index (κ3) is 3.20. The standard InChI is InChI=1S/C7H14N4O2S2/c1-14-3-2-10-15(12,13)7-6(4-8)5-9-11-7/h5,10H,2-4,8H2,1H3,(H,9,11). The maximum atomic E-state index is 11.7. The van der Waals surface area contributed by atoms with Crippen LogP contribution in [0.3, 0.4) is 0 Å². The van der Waals surface area contributed by atoms with Crippen molar-refractivity contribution in [3.8, 4) is 0 Å². The second-order valence-electron chi connectivity index (χ2n) is 2.82. The van der Waals surface area contributed by atoms with E-state index in [4.69, 9.17) is 5.73 Å². The van der Waals surface area contributed by atoms with E-state index in [0.717, 1.165) is 5.75 Å². The van der Waals surface area contributed by atoms with Crippen molar-refractivity contribution in [1.82, 2.24) is 14.9 Å². The molecule has 0 aliphatic rings. The fourth-order valence-electron chi connectivity index (χ4n) is 1.03. The van der Waals surface area contributed by atoms with Gasteiger partial charge in [-0.1, -0.05) is 0 Å². The number of aromatic nitrogens is 2. The van der Waals surface area contributed by atoms with Gasteiger partial charge in [-0.05, 0) is 6.26 Å². The second-order valence-corrected chi connectivity index (χ2v) is 5.51. The van der Waals surface area contributed by atoms with Crippen molar-refractivity contribution in [2.75, 3.05) is 18.6 Å². The third-order valence-corrected chi connectivity index (χ3v) is 3.85. The molecule has 4 N–H and O–H groups in total. The van der Waals surface area contributed by atoms with Gasteiger partial charge in [-0.25, -0.2) is 13.1 Å². The first-order valence-electron chi connectivity index (χ1n) is 4.32. The van der Waals surface area contributed by atoms with Crippen molar-refractivity contribution >= 4 is 21.8 Å². The number of rotatable bonds is 6. The highest BCUT2D eigenvalue weighted by Gasteiger charge is 2.19. The van der Waals surface area contributed by atoms with Gasteiger partial charge in [-0.15, -0.1) is 0 Å². The van der Waals surface area contributed by atoms with E-state index in [1.165, 1.54) is 6.20 Å². The molecule has 0 aromatic carbocycles. The van der Waals surface area contributed by atoms with Crippen LogP contribution < -0.4 is 10.5 Å². The molecular weight excluding hydrogens is 236 g/mol. The van der Waals surface area contributed by atoms with E-state index in [0.29, 0.717) is 12.1 Å². The molecule has 0 aliphatic carbocycles. The molecule has 86 valence electrons. The van der Waals surface area contributed by atoms with Crippen LogP contribution in [-0.4, -0.2) is 37.2 Å². The Kier molecular flexibility index (Phi) is 4.58. The number of sulfonamides is 1. The molecule has 6 nitrogen and oxygen atoms in total. The minimum Gasteiger partial charge on any atom is -0.326 e. The van der Waals surface area contributed by atoms with Crippen LogP contribution in [0.25, 0.3) is 0 Å². The summed E-state index contributed by atoms with van der Waals surface area (Å²) >= 11 is 1.57. The van der Waals surface area contributed by atoms with Gasteiger partial charge in [-0.2, -0.15) is 16.9 Å². The van der Waals surface area contributed by atoms with Gasteiger partial charge in [0.2, 0.25) is 0 Å². The minimum atomic E-state index is -3.49. The first kappa shape index (κ1) is 12.5. The lowest BCUT2D eigenvalue weighted by Crippen LogP contribution is -2.27. The summed E-state index contributed by atoms with van der Waals surface area (Å²) in [6, 6.07) is 0. The van der Waals surface area contributed by atoms with Gasteiger partial charge in [0, 0.05) is 24.4 Å². The Hall–Kier alpha value is -0.570. The second kappa shape index (κ2) is 5.50. The maximum absolute atomic E-state index is 11.7. The van der Waals surface area contributed by atoms with Crippen LogP contribution in [0.5, 0.6) is 0 Å². The molecule has 0 aliphatic heterocycles. The summed E-state index contributed by atoms with van der Waals surface area (Å²) in [5.74, 6) is 0.728. The molecule has 8 heteroatoms. The van der Waals surface area contributed by atoms with Crippen LogP contribution in [0.4, 0.5) is 0 Å². The molecule has 15 heavy (non-hydrogen) atoms. The van der Waals surface area contributed by atoms with E-state index in [1.54, 1.807) is 11.8 Å². The highest BCUT2D eigenvalue weighted by atomic mass is 32.2. The molecule has 0 spiro atoms. The monoisotopic (exact) mass is 250 g/mol. The molecule has 0 bridgehead atoms. The number of hydrogen-bond acceptors (Lipinski definition) is 5. The summed E-state index contributed by atoms with van der Waals surface area (Å²) in [4.78, 5) is 0. The van der Waals surface area contributed by atoms with Crippen LogP contribution in [0.1, 0.15) is 5.56 Å². The van der Waals surface area contributed by atoms with Gasteiger partial charge in [0.15, 0.2) is 5.03 Å². The van der Waals surface area contributed by atoms with Crippen LogP contribution in [-0.2, 0) is 16.6 Å². The first-order valence-corrected chi connectivity index (χ1v) is 7.20. The van der Waals surface area contributed by atoms with Gasteiger partial charge < -0.3 is 5.73 Å². The van der Waals surface area contributed by atoms with Crippen molar-refractivity contribution in [2.24, 2.45) is 5.73 Å². The number of H-pyrrole nitrogens is 1. The minimum absolute atomic E-state index is 0.0612. The molecule has 0 saturated heterocycles. The SMILES string of the molecule is CSCCNS(=O)(=O)c1[nH]ncc1CN. The van der Waals surface area contributed by atoms with Crippen LogP contribution >= 0.6 is 11.8 Å². The Morgan fingerprint density at radius 1 is 1.67 bits per heavy atom. The van der Waals surface area contributed by atoms with Gasteiger partial charge in [0.25, 0.3) is 10.0 Å². The highest BCUT2D eigenvalue weighted by Crippen LogP contribution is 2.10. The molecule has 0 fully saturated rings. The fourth-order valence-corrected chi connectivity index (χ4v) is 2.63. The number of aromatic amines is 1. The molecule has 0 radical (unpaired) electrons. The summed E-state index contributed by atoms with van der Waals surface area (Å²) in [6.45, 7) is 0.543. The zero-order valence-corrected chi connectivity index (χ0v) is 9.99. The van der Waals surface area contributed by atoms with E-state index >= 15 is 0 Å². The van der Waals surface area contributed by atoms with Crippen molar-refractivity contribution in [1.29, 1.82) is 0 Å². The molecule has 1 rings (SSSR count). The van der Waals surface area contributed by atoms with E-state index < -0.39 is 10.0 Å². The number of nitrogens with two attached hydrogens (primary N) is 1. The number of nitrogens with one attached hydrogen (secondary N) is 2. The molecular formula is C7H14N4O2S2. The molecule has 1 aromatic rings. The Balaban J connectivity index is 2.77. The maximum Gasteiger partial charge on any atom is 0.257 e. The first-order chi connectivity index (χ1) is 7.11. The summed E-state index contributed by atoms with van der Waals surface area (Å²) < 4.78 is 25.9. The van der Waals surface area contributed by atoms with Crippen molar-refractivity contribution in [3.05, 3.63) is 11.8 Å². The smallest absolute Gasteiger partial charge is 0.257 e. The Bertz CT molecular complexity index is 401. The molecule has 0 amide bonds. The van der Waals surface area contributed by atoms with E-state index in [9.17, 15) is 8.42 Å². The average molecular weight is 250 g/mol. The topological polar surface area (TPSA) is 101 Å². The van der Waals surface area contributed by atoms with Gasteiger partial charge in [0.05, 0.1) is 6.20 Å². The summed E-state index contributed by atoms with van der Waals surface area (Å²) in [5.41, 5.74) is 5.88. The molecule has 0 atom stereocenters. The van der Waals surface area contributed by atoms with Gasteiger partial charge in [-0.3, -0.25) is 5.10 Å². The normalized spacial score (nSPS) is 11.9. The van der Waals surface area contributed by atoms with E-state index in [-0.39, 0.29) is 11.6 Å². The van der Waals surface area contributed by atoms with E-state index in [2.05, 4.69) is 14.9 Å². The third-order valence-electron chi connectivity index (χ3n) is 1.77. The zero-order valence-electron chi connectivity index (χ0n) is 8.36. The predicted molar refractivity (Wildman–Crippen MR) is 60.0 cm³/mol. The van der Waals surface area contributed by atoms with Crippen LogP contribution in [0.2, 0.25) is 0 Å².